The fraction of sp³-hybridized carbons (Fsp3) is 0.211. The lowest BCUT2D eigenvalue weighted by molar-refractivity contribution is 0.102. The average Bonchev–Trinajstić information content (AvgIpc) is 3.14. The van der Waals surface area contributed by atoms with Crippen molar-refractivity contribution >= 4 is 17.5 Å². The van der Waals surface area contributed by atoms with Crippen LogP contribution < -0.4 is 10.6 Å². The molecule has 2 aromatic heterocycles. The second-order valence-electron chi connectivity index (χ2n) is 5.66. The second-order valence-corrected chi connectivity index (χ2v) is 5.66. The minimum atomic E-state index is -0.268. The minimum Gasteiger partial charge on any atom is -0.467 e. The van der Waals surface area contributed by atoms with Crippen molar-refractivity contribution in [3.8, 4) is 0 Å². The number of amides is 1. The van der Waals surface area contributed by atoms with E-state index in [0.717, 1.165) is 17.9 Å². The number of rotatable bonds is 6. The predicted molar refractivity (Wildman–Crippen MR) is 96.6 cm³/mol. The van der Waals surface area contributed by atoms with Crippen molar-refractivity contribution in [2.24, 2.45) is 0 Å². The van der Waals surface area contributed by atoms with Gasteiger partial charge in [-0.15, -0.1) is 0 Å². The molecule has 6 heteroatoms. The summed E-state index contributed by atoms with van der Waals surface area (Å²) in [4.78, 5) is 21.0. The number of anilines is 2. The first-order valence-corrected chi connectivity index (χ1v) is 8.16. The molecule has 0 unspecified atom stereocenters. The minimum absolute atomic E-state index is 0.268. The fourth-order valence-electron chi connectivity index (χ4n) is 2.36. The standard InChI is InChI=1S/C19H20N4O2/c1-3-14-6-8-15(9-7-14)22-18(24)17-11-13(2)21-19(23-17)20-12-16-5-4-10-25-16/h4-11H,3,12H2,1-2H3,(H,22,24)(H,20,21,23). The van der Waals surface area contributed by atoms with E-state index >= 15 is 0 Å². The number of hydrogen-bond acceptors (Lipinski definition) is 5. The molecule has 3 aromatic rings. The summed E-state index contributed by atoms with van der Waals surface area (Å²) < 4.78 is 5.26. The van der Waals surface area contributed by atoms with Gasteiger partial charge in [-0.25, -0.2) is 9.97 Å². The largest absolute Gasteiger partial charge is 0.467 e. The zero-order chi connectivity index (χ0) is 17.6. The number of aromatic nitrogens is 2. The van der Waals surface area contributed by atoms with Gasteiger partial charge in [0.25, 0.3) is 5.91 Å². The molecule has 2 N–H and O–H groups in total. The Kier molecular flexibility index (Phi) is 5.09. The van der Waals surface area contributed by atoms with E-state index in [9.17, 15) is 4.79 Å². The van der Waals surface area contributed by atoms with Crippen molar-refractivity contribution in [3.05, 3.63) is 71.4 Å². The summed E-state index contributed by atoms with van der Waals surface area (Å²) in [5, 5.41) is 5.92. The topological polar surface area (TPSA) is 80.0 Å². The van der Waals surface area contributed by atoms with Gasteiger partial charge in [-0.3, -0.25) is 4.79 Å². The molecule has 1 amide bonds. The Morgan fingerprint density at radius 1 is 1.16 bits per heavy atom. The van der Waals surface area contributed by atoms with Crippen LogP contribution in [-0.4, -0.2) is 15.9 Å². The average molecular weight is 336 g/mol. The van der Waals surface area contributed by atoms with Crippen LogP contribution in [0.2, 0.25) is 0 Å². The number of nitrogens with one attached hydrogen (secondary N) is 2. The number of hydrogen-bond donors (Lipinski definition) is 2. The molecule has 0 aliphatic carbocycles. The monoisotopic (exact) mass is 336 g/mol. The molecule has 0 fully saturated rings. The van der Waals surface area contributed by atoms with Crippen LogP contribution >= 0.6 is 0 Å². The zero-order valence-corrected chi connectivity index (χ0v) is 14.2. The van der Waals surface area contributed by atoms with Crippen molar-refractivity contribution in [2.75, 3.05) is 10.6 Å². The van der Waals surface area contributed by atoms with E-state index in [1.807, 2.05) is 43.3 Å². The fourth-order valence-corrected chi connectivity index (χ4v) is 2.36. The SMILES string of the molecule is CCc1ccc(NC(=O)c2cc(C)nc(NCc3ccco3)n2)cc1. The summed E-state index contributed by atoms with van der Waals surface area (Å²) in [6.45, 7) is 4.37. The Morgan fingerprint density at radius 2 is 1.96 bits per heavy atom. The Balaban J connectivity index is 1.70. The van der Waals surface area contributed by atoms with Crippen LogP contribution in [0.15, 0.2) is 53.1 Å². The van der Waals surface area contributed by atoms with Gasteiger partial charge in [0.15, 0.2) is 0 Å². The molecule has 0 aliphatic heterocycles. The van der Waals surface area contributed by atoms with Crippen LogP contribution in [0.1, 0.15) is 34.4 Å². The molecule has 0 spiro atoms. The smallest absolute Gasteiger partial charge is 0.274 e. The lowest BCUT2D eigenvalue weighted by Gasteiger charge is -2.08. The van der Waals surface area contributed by atoms with Crippen molar-refractivity contribution in [3.63, 3.8) is 0 Å². The number of carbonyl (C=O) groups is 1. The van der Waals surface area contributed by atoms with Crippen LogP contribution in [0.4, 0.5) is 11.6 Å². The van der Waals surface area contributed by atoms with Crippen molar-refractivity contribution in [1.82, 2.24) is 9.97 Å². The van der Waals surface area contributed by atoms with Gasteiger partial charge in [0.2, 0.25) is 5.95 Å². The molecular weight excluding hydrogens is 316 g/mol. The van der Waals surface area contributed by atoms with Gasteiger partial charge in [0.05, 0.1) is 12.8 Å². The first-order valence-electron chi connectivity index (χ1n) is 8.16. The highest BCUT2D eigenvalue weighted by Crippen LogP contribution is 2.13. The maximum Gasteiger partial charge on any atom is 0.274 e. The Labute approximate surface area is 146 Å². The third kappa shape index (κ3) is 4.44. The van der Waals surface area contributed by atoms with E-state index in [1.54, 1.807) is 12.3 Å². The van der Waals surface area contributed by atoms with E-state index in [1.165, 1.54) is 5.56 Å². The quantitative estimate of drug-likeness (QED) is 0.715. The molecule has 0 bridgehead atoms. The molecule has 0 atom stereocenters. The van der Waals surface area contributed by atoms with Gasteiger partial charge < -0.3 is 15.1 Å². The Hall–Kier alpha value is -3.15. The second kappa shape index (κ2) is 7.61. The van der Waals surface area contributed by atoms with Crippen LogP contribution in [0.25, 0.3) is 0 Å². The van der Waals surface area contributed by atoms with E-state index in [0.29, 0.717) is 23.9 Å². The molecule has 2 heterocycles. The maximum absolute atomic E-state index is 12.5. The predicted octanol–water partition coefficient (Wildman–Crippen LogP) is 3.80. The molecule has 0 aliphatic rings. The third-order valence-electron chi connectivity index (χ3n) is 3.71. The molecule has 128 valence electrons. The van der Waals surface area contributed by atoms with Gasteiger partial charge in [-0.05, 0) is 49.2 Å². The van der Waals surface area contributed by atoms with E-state index < -0.39 is 0 Å². The highest BCUT2D eigenvalue weighted by atomic mass is 16.3. The first-order chi connectivity index (χ1) is 12.1. The lowest BCUT2D eigenvalue weighted by atomic mass is 10.1. The number of benzene rings is 1. The van der Waals surface area contributed by atoms with Crippen LogP contribution in [-0.2, 0) is 13.0 Å². The summed E-state index contributed by atoms with van der Waals surface area (Å²) in [6, 6.07) is 13.1. The summed E-state index contributed by atoms with van der Waals surface area (Å²) in [5.41, 5.74) is 2.99. The maximum atomic E-state index is 12.5. The summed E-state index contributed by atoms with van der Waals surface area (Å²) >= 11 is 0. The zero-order valence-electron chi connectivity index (χ0n) is 14.2. The van der Waals surface area contributed by atoms with Crippen molar-refractivity contribution in [2.45, 2.75) is 26.8 Å². The highest BCUT2D eigenvalue weighted by molar-refractivity contribution is 6.03. The molecule has 3 rings (SSSR count). The Bertz CT molecular complexity index is 842. The van der Waals surface area contributed by atoms with Gasteiger partial charge in [0.1, 0.15) is 11.5 Å². The molecule has 6 nitrogen and oxygen atoms in total. The molecule has 0 radical (unpaired) electrons. The van der Waals surface area contributed by atoms with Gasteiger partial charge in [0, 0.05) is 11.4 Å². The molecule has 1 aromatic carbocycles. The first kappa shape index (κ1) is 16.7. The van der Waals surface area contributed by atoms with E-state index in [-0.39, 0.29) is 5.91 Å². The molecule has 0 saturated heterocycles. The van der Waals surface area contributed by atoms with Gasteiger partial charge >= 0.3 is 0 Å². The van der Waals surface area contributed by atoms with Gasteiger partial charge in [-0.1, -0.05) is 19.1 Å². The third-order valence-corrected chi connectivity index (χ3v) is 3.71. The number of carbonyl (C=O) groups excluding carboxylic acids is 1. The van der Waals surface area contributed by atoms with Crippen LogP contribution in [0, 0.1) is 6.92 Å². The molecule has 25 heavy (non-hydrogen) atoms. The van der Waals surface area contributed by atoms with E-state index in [4.69, 9.17) is 4.42 Å². The summed E-state index contributed by atoms with van der Waals surface area (Å²) in [6.07, 6.45) is 2.57. The normalized spacial score (nSPS) is 10.5. The number of nitrogens with zero attached hydrogens (tertiary/aromatic N) is 2. The summed E-state index contributed by atoms with van der Waals surface area (Å²) in [7, 11) is 0. The number of aryl methyl sites for hydroxylation is 2. The highest BCUT2D eigenvalue weighted by Gasteiger charge is 2.11. The Morgan fingerprint density at radius 3 is 2.64 bits per heavy atom. The molecular formula is C19H20N4O2. The van der Waals surface area contributed by atoms with Crippen LogP contribution in [0.3, 0.4) is 0 Å². The van der Waals surface area contributed by atoms with Gasteiger partial charge in [-0.2, -0.15) is 0 Å². The van der Waals surface area contributed by atoms with E-state index in [2.05, 4.69) is 27.5 Å². The van der Waals surface area contributed by atoms with Crippen molar-refractivity contribution in [1.29, 1.82) is 0 Å². The molecule has 0 saturated carbocycles. The van der Waals surface area contributed by atoms with Crippen LogP contribution in [0.5, 0.6) is 0 Å². The lowest BCUT2D eigenvalue weighted by Crippen LogP contribution is -2.16. The summed E-state index contributed by atoms with van der Waals surface area (Å²) in [5.74, 6) is 0.894. The number of furan rings is 1. The van der Waals surface area contributed by atoms with Crippen molar-refractivity contribution < 1.29 is 9.21 Å².